The number of aromatic amines is 1. The molecule has 9 heteroatoms. The van der Waals surface area contributed by atoms with Crippen LogP contribution < -0.4 is 11.3 Å². The molecule has 1 fully saturated rings. The first-order valence-corrected chi connectivity index (χ1v) is 11.5. The fraction of sp³-hybridized carbons (Fsp3) is 0.346. The van der Waals surface area contributed by atoms with Gasteiger partial charge in [0, 0.05) is 38.3 Å². The molecule has 1 aliphatic heterocycles. The zero-order chi connectivity index (χ0) is 24.2. The largest absolute Gasteiger partial charge is 0.339 e. The molecule has 0 radical (unpaired) electrons. The van der Waals surface area contributed by atoms with Crippen molar-refractivity contribution in [3.05, 3.63) is 81.5 Å². The van der Waals surface area contributed by atoms with Gasteiger partial charge in [-0.15, -0.1) is 12.4 Å². The molecule has 186 valence electrons. The minimum Gasteiger partial charge on any atom is -0.339 e. The lowest BCUT2D eigenvalue weighted by atomic mass is 10.0. The van der Waals surface area contributed by atoms with E-state index in [1.54, 1.807) is 21.9 Å². The summed E-state index contributed by atoms with van der Waals surface area (Å²) in [5.41, 5.74) is 8.07. The van der Waals surface area contributed by atoms with Crippen LogP contribution in [0.2, 0.25) is 0 Å². The van der Waals surface area contributed by atoms with Gasteiger partial charge in [-0.3, -0.25) is 14.4 Å². The maximum Gasteiger partial charge on any atom is 0.259 e. The highest BCUT2D eigenvalue weighted by atomic mass is 35.5. The third-order valence-electron chi connectivity index (χ3n) is 6.40. The maximum atomic E-state index is 14.0. The number of hydrogen-bond donors (Lipinski definition) is 2. The van der Waals surface area contributed by atoms with E-state index in [2.05, 4.69) is 4.98 Å². The monoisotopic (exact) mass is 500 g/mol. The highest BCUT2D eigenvalue weighted by Gasteiger charge is 2.27. The Bertz CT molecular complexity index is 1260. The van der Waals surface area contributed by atoms with Crippen molar-refractivity contribution in [2.45, 2.75) is 32.2 Å². The molecular weight excluding hydrogens is 471 g/mol. The number of nitrogens with zero attached hydrogens (tertiary/aromatic N) is 2. The van der Waals surface area contributed by atoms with Crippen LogP contribution in [0.25, 0.3) is 10.8 Å². The number of aryl methyl sites for hydroxylation is 2. The van der Waals surface area contributed by atoms with Crippen LogP contribution >= 0.6 is 12.4 Å². The molecule has 35 heavy (non-hydrogen) atoms. The molecule has 2 aromatic carbocycles. The molecular formula is C26H30ClFN4O3. The van der Waals surface area contributed by atoms with Gasteiger partial charge in [0.25, 0.3) is 5.56 Å². The number of fused-ring (bicyclic) bond motifs is 1. The summed E-state index contributed by atoms with van der Waals surface area (Å²) in [5.74, 6) is -0.703. The van der Waals surface area contributed by atoms with Gasteiger partial charge in [-0.05, 0) is 48.4 Å². The summed E-state index contributed by atoms with van der Waals surface area (Å²) in [6, 6.07) is 13.7. The smallest absolute Gasteiger partial charge is 0.259 e. The van der Waals surface area contributed by atoms with Crippen molar-refractivity contribution in [3.8, 4) is 0 Å². The van der Waals surface area contributed by atoms with Crippen molar-refractivity contribution in [2.24, 2.45) is 5.73 Å². The van der Waals surface area contributed by atoms with Crippen LogP contribution in [0.15, 0.2) is 53.3 Å². The number of aromatic nitrogens is 1. The zero-order valence-corrected chi connectivity index (χ0v) is 20.4. The first-order chi connectivity index (χ1) is 16.3. The molecule has 0 spiro atoms. The SMILES string of the molecule is Cc1ccc(F)c2c(=O)[nH]c(CCC(=O)N3CCN(C(=O)[C@@H](N)Cc4ccccc4)CC3)cc12.Cl. The molecule has 1 saturated heterocycles. The second kappa shape index (κ2) is 11.5. The van der Waals surface area contributed by atoms with Gasteiger partial charge >= 0.3 is 0 Å². The lowest BCUT2D eigenvalue weighted by molar-refractivity contribution is -0.140. The van der Waals surface area contributed by atoms with E-state index in [4.69, 9.17) is 5.73 Å². The molecule has 0 aliphatic carbocycles. The summed E-state index contributed by atoms with van der Waals surface area (Å²) in [4.78, 5) is 44.0. The van der Waals surface area contributed by atoms with Crippen molar-refractivity contribution >= 4 is 35.0 Å². The minimum absolute atomic E-state index is 0. The highest BCUT2D eigenvalue weighted by Crippen LogP contribution is 2.19. The van der Waals surface area contributed by atoms with Crippen LogP contribution in [0, 0.1) is 12.7 Å². The average Bonchev–Trinajstić information content (AvgIpc) is 2.85. The summed E-state index contributed by atoms with van der Waals surface area (Å²) in [6.45, 7) is 3.60. The number of halogens is 2. The molecule has 3 aromatic rings. The first-order valence-electron chi connectivity index (χ1n) is 11.5. The number of hydrogen-bond acceptors (Lipinski definition) is 4. The minimum atomic E-state index is -0.609. The van der Waals surface area contributed by atoms with Crippen LogP contribution in [0.3, 0.4) is 0 Å². The number of carbonyl (C=O) groups is 2. The fourth-order valence-corrected chi connectivity index (χ4v) is 4.43. The highest BCUT2D eigenvalue weighted by molar-refractivity contribution is 5.86. The molecule has 0 unspecified atom stereocenters. The van der Waals surface area contributed by atoms with E-state index in [0.717, 1.165) is 11.1 Å². The van der Waals surface area contributed by atoms with Crippen LogP contribution in [-0.2, 0) is 22.4 Å². The van der Waals surface area contributed by atoms with Gasteiger partial charge < -0.3 is 20.5 Å². The van der Waals surface area contributed by atoms with Gasteiger partial charge in [-0.25, -0.2) is 4.39 Å². The van der Waals surface area contributed by atoms with Gasteiger partial charge in [0.1, 0.15) is 5.82 Å². The van der Waals surface area contributed by atoms with Gasteiger partial charge in [0.15, 0.2) is 0 Å². The van der Waals surface area contributed by atoms with Crippen molar-refractivity contribution in [1.82, 2.24) is 14.8 Å². The number of H-pyrrole nitrogens is 1. The quantitative estimate of drug-likeness (QED) is 0.543. The molecule has 2 heterocycles. The van der Waals surface area contributed by atoms with E-state index in [-0.39, 0.29) is 36.0 Å². The first kappa shape index (κ1) is 26.4. The Morgan fingerprint density at radius 1 is 1.06 bits per heavy atom. The van der Waals surface area contributed by atoms with E-state index in [1.165, 1.54) is 6.07 Å². The van der Waals surface area contributed by atoms with Crippen LogP contribution in [0.5, 0.6) is 0 Å². The molecule has 1 aromatic heterocycles. The number of nitrogens with one attached hydrogen (secondary N) is 1. The van der Waals surface area contributed by atoms with E-state index in [1.807, 2.05) is 37.3 Å². The Labute approximate surface area is 209 Å². The van der Waals surface area contributed by atoms with E-state index in [9.17, 15) is 18.8 Å². The second-order valence-corrected chi connectivity index (χ2v) is 8.78. The van der Waals surface area contributed by atoms with E-state index >= 15 is 0 Å². The van der Waals surface area contributed by atoms with Crippen LogP contribution in [0.1, 0.15) is 23.2 Å². The van der Waals surface area contributed by atoms with Crippen molar-refractivity contribution in [1.29, 1.82) is 0 Å². The fourth-order valence-electron chi connectivity index (χ4n) is 4.43. The lowest BCUT2D eigenvalue weighted by Crippen LogP contribution is -2.54. The topological polar surface area (TPSA) is 99.5 Å². The van der Waals surface area contributed by atoms with Gasteiger partial charge in [0.2, 0.25) is 11.8 Å². The molecule has 4 rings (SSSR count). The lowest BCUT2D eigenvalue weighted by Gasteiger charge is -2.36. The van der Waals surface area contributed by atoms with Crippen molar-refractivity contribution in [2.75, 3.05) is 26.2 Å². The van der Waals surface area contributed by atoms with Crippen LogP contribution in [0.4, 0.5) is 4.39 Å². The third-order valence-corrected chi connectivity index (χ3v) is 6.40. The molecule has 7 nitrogen and oxygen atoms in total. The van der Waals surface area contributed by atoms with Crippen molar-refractivity contribution < 1.29 is 14.0 Å². The second-order valence-electron chi connectivity index (χ2n) is 8.78. The number of rotatable bonds is 6. The van der Waals surface area contributed by atoms with E-state index < -0.39 is 17.4 Å². The van der Waals surface area contributed by atoms with Gasteiger partial charge in [-0.2, -0.15) is 0 Å². The molecule has 2 amide bonds. The third kappa shape index (κ3) is 6.07. The van der Waals surface area contributed by atoms with Gasteiger partial charge in [0.05, 0.1) is 11.4 Å². The van der Waals surface area contributed by atoms with Crippen LogP contribution in [-0.4, -0.2) is 58.8 Å². The Kier molecular flexibility index (Phi) is 8.64. The zero-order valence-electron chi connectivity index (χ0n) is 19.6. The summed E-state index contributed by atoms with van der Waals surface area (Å²) < 4.78 is 14.0. The average molecular weight is 501 g/mol. The summed E-state index contributed by atoms with van der Waals surface area (Å²) in [6.07, 6.45) is 1.05. The number of pyridine rings is 1. The number of nitrogens with two attached hydrogens (primary N) is 1. The normalized spacial score (nSPS) is 14.5. The Balaban J connectivity index is 0.00000342. The Hall–Kier alpha value is -3.23. The summed E-state index contributed by atoms with van der Waals surface area (Å²) in [7, 11) is 0. The number of benzene rings is 2. The predicted octanol–water partition coefficient (Wildman–Crippen LogP) is 2.57. The molecule has 1 atom stereocenters. The molecule has 0 saturated carbocycles. The van der Waals surface area contributed by atoms with Crippen molar-refractivity contribution in [3.63, 3.8) is 0 Å². The molecule has 3 N–H and O–H groups in total. The number of carbonyl (C=O) groups excluding carboxylic acids is 2. The predicted molar refractivity (Wildman–Crippen MR) is 136 cm³/mol. The molecule has 1 aliphatic rings. The summed E-state index contributed by atoms with van der Waals surface area (Å²) in [5, 5.41) is 0.603. The maximum absolute atomic E-state index is 14.0. The Morgan fingerprint density at radius 3 is 2.40 bits per heavy atom. The van der Waals surface area contributed by atoms with Gasteiger partial charge in [-0.1, -0.05) is 36.4 Å². The van der Waals surface area contributed by atoms with E-state index in [0.29, 0.717) is 50.1 Å². The Morgan fingerprint density at radius 2 is 1.71 bits per heavy atom. The summed E-state index contributed by atoms with van der Waals surface area (Å²) >= 11 is 0. The number of piperazine rings is 1. The number of amides is 2. The standard InChI is InChI=1S/C26H29FN4O3.ClH/c1-17-7-9-21(27)24-20(17)16-19(29-25(24)33)8-10-23(32)30-11-13-31(14-12-30)26(34)22(28)15-18-5-3-2-4-6-18;/h2-7,9,16,22H,8,10-15,28H2,1H3,(H,29,33);1H/t22-;/m0./s1. The molecule has 0 bridgehead atoms.